The van der Waals surface area contributed by atoms with Gasteiger partial charge in [0, 0.05) is 18.5 Å². The summed E-state index contributed by atoms with van der Waals surface area (Å²) in [4.78, 5) is 11.6. The highest BCUT2D eigenvalue weighted by Crippen LogP contribution is 2.32. The van der Waals surface area contributed by atoms with E-state index in [-0.39, 0.29) is 11.7 Å². The van der Waals surface area contributed by atoms with Crippen molar-refractivity contribution >= 4 is 15.9 Å². The van der Waals surface area contributed by atoms with E-state index in [0.29, 0.717) is 24.4 Å². The van der Waals surface area contributed by atoms with Gasteiger partial charge in [-0.15, -0.1) is 0 Å². The first kappa shape index (κ1) is 12.8. The van der Waals surface area contributed by atoms with Crippen molar-refractivity contribution in [3.8, 4) is 0 Å². The number of carbonyl (C=O) groups is 1. The number of hydrogen-bond donors (Lipinski definition) is 2. The highest BCUT2D eigenvalue weighted by Gasteiger charge is 2.34. The van der Waals surface area contributed by atoms with Crippen LogP contribution in [0.1, 0.15) is 39.0 Å². The SMILES string of the molecule is CCS(=O)(=O)NC(=O)CC1CC2CCC(C1)N2. The van der Waals surface area contributed by atoms with Crippen LogP contribution in [0.3, 0.4) is 0 Å². The molecule has 0 aromatic rings. The zero-order valence-corrected chi connectivity index (χ0v) is 10.9. The van der Waals surface area contributed by atoms with E-state index in [4.69, 9.17) is 0 Å². The van der Waals surface area contributed by atoms with Gasteiger partial charge in [0.25, 0.3) is 0 Å². The maximum Gasteiger partial charge on any atom is 0.234 e. The first-order valence-corrected chi connectivity index (χ1v) is 7.93. The molecule has 2 saturated heterocycles. The molecular formula is C11H20N2O3S. The Bertz CT molecular complexity index is 382. The molecule has 2 atom stereocenters. The van der Waals surface area contributed by atoms with Crippen molar-refractivity contribution in [1.29, 1.82) is 0 Å². The summed E-state index contributed by atoms with van der Waals surface area (Å²) in [5.41, 5.74) is 0. The van der Waals surface area contributed by atoms with Crippen LogP contribution in [0.15, 0.2) is 0 Å². The zero-order chi connectivity index (χ0) is 12.5. The highest BCUT2D eigenvalue weighted by atomic mass is 32.2. The first-order chi connectivity index (χ1) is 7.98. The summed E-state index contributed by atoms with van der Waals surface area (Å²) in [5.74, 6) is -0.0603. The number of rotatable bonds is 4. The van der Waals surface area contributed by atoms with Crippen molar-refractivity contribution in [2.24, 2.45) is 5.92 Å². The van der Waals surface area contributed by atoms with Gasteiger partial charge in [0.05, 0.1) is 5.75 Å². The Kier molecular flexibility index (Phi) is 3.73. The molecule has 0 spiro atoms. The molecule has 0 radical (unpaired) electrons. The third kappa shape index (κ3) is 3.42. The lowest BCUT2D eigenvalue weighted by atomic mass is 9.89. The Hall–Kier alpha value is -0.620. The fraction of sp³-hybridized carbons (Fsp3) is 0.909. The molecule has 1 amide bonds. The van der Waals surface area contributed by atoms with Gasteiger partial charge >= 0.3 is 0 Å². The van der Waals surface area contributed by atoms with Gasteiger partial charge in [-0.05, 0) is 38.5 Å². The van der Waals surface area contributed by atoms with Crippen LogP contribution in [0.25, 0.3) is 0 Å². The second-order valence-corrected chi connectivity index (χ2v) is 7.12. The predicted octanol–water partition coefficient (Wildman–Crippen LogP) is 0.373. The van der Waals surface area contributed by atoms with Crippen molar-refractivity contribution in [3.05, 3.63) is 0 Å². The Morgan fingerprint density at radius 3 is 2.41 bits per heavy atom. The second-order valence-electron chi connectivity index (χ2n) is 5.11. The van der Waals surface area contributed by atoms with Crippen molar-refractivity contribution < 1.29 is 13.2 Å². The van der Waals surface area contributed by atoms with Crippen LogP contribution in [-0.2, 0) is 14.8 Å². The monoisotopic (exact) mass is 260 g/mol. The fourth-order valence-electron chi connectivity index (χ4n) is 2.89. The van der Waals surface area contributed by atoms with Gasteiger partial charge in [-0.25, -0.2) is 8.42 Å². The molecule has 2 N–H and O–H groups in total. The number of carbonyl (C=O) groups excluding carboxylic acids is 1. The van der Waals surface area contributed by atoms with E-state index in [0.717, 1.165) is 12.8 Å². The molecule has 5 nitrogen and oxygen atoms in total. The van der Waals surface area contributed by atoms with Gasteiger partial charge < -0.3 is 5.32 Å². The van der Waals surface area contributed by atoms with Gasteiger partial charge in [0.2, 0.25) is 15.9 Å². The number of piperidine rings is 1. The summed E-state index contributed by atoms with van der Waals surface area (Å²) in [6.45, 7) is 1.53. The van der Waals surface area contributed by atoms with E-state index < -0.39 is 10.0 Å². The number of fused-ring (bicyclic) bond motifs is 2. The molecule has 2 aliphatic rings. The second kappa shape index (κ2) is 4.94. The minimum atomic E-state index is -3.40. The van der Waals surface area contributed by atoms with E-state index in [9.17, 15) is 13.2 Å². The van der Waals surface area contributed by atoms with Crippen molar-refractivity contribution in [1.82, 2.24) is 10.0 Å². The third-order valence-corrected chi connectivity index (χ3v) is 4.99. The average Bonchev–Trinajstić information content (AvgIpc) is 2.57. The van der Waals surface area contributed by atoms with E-state index in [1.807, 2.05) is 0 Å². The Labute approximate surface area is 102 Å². The van der Waals surface area contributed by atoms with Gasteiger partial charge in [0.1, 0.15) is 0 Å². The third-order valence-electron chi connectivity index (χ3n) is 3.69. The number of amides is 1. The zero-order valence-electron chi connectivity index (χ0n) is 10.1. The Balaban J connectivity index is 1.83. The van der Waals surface area contributed by atoms with Crippen LogP contribution in [0, 0.1) is 5.92 Å². The minimum absolute atomic E-state index is 0.0454. The summed E-state index contributed by atoms with van der Waals surface area (Å²) in [7, 11) is -3.40. The number of nitrogens with one attached hydrogen (secondary N) is 2. The lowest BCUT2D eigenvalue weighted by Gasteiger charge is -2.28. The fourth-order valence-corrected chi connectivity index (χ4v) is 3.47. The molecular weight excluding hydrogens is 240 g/mol. The minimum Gasteiger partial charge on any atom is -0.311 e. The molecule has 0 aromatic heterocycles. The maximum atomic E-state index is 11.6. The summed E-state index contributed by atoms with van der Waals surface area (Å²) in [6.07, 6.45) is 4.71. The molecule has 17 heavy (non-hydrogen) atoms. The topological polar surface area (TPSA) is 75.3 Å². The molecule has 0 aromatic carbocycles. The molecule has 6 heteroatoms. The maximum absolute atomic E-state index is 11.6. The van der Waals surface area contributed by atoms with Gasteiger partial charge in [0.15, 0.2) is 0 Å². The Morgan fingerprint density at radius 2 is 1.88 bits per heavy atom. The van der Waals surface area contributed by atoms with E-state index in [1.165, 1.54) is 19.8 Å². The lowest BCUT2D eigenvalue weighted by Crippen LogP contribution is -2.40. The van der Waals surface area contributed by atoms with Crippen molar-refractivity contribution in [3.63, 3.8) is 0 Å². The molecule has 2 aliphatic heterocycles. The molecule has 98 valence electrons. The van der Waals surface area contributed by atoms with Crippen LogP contribution >= 0.6 is 0 Å². The number of hydrogen-bond acceptors (Lipinski definition) is 4. The molecule has 2 rings (SSSR count). The average molecular weight is 260 g/mol. The molecule has 2 unspecified atom stereocenters. The largest absolute Gasteiger partial charge is 0.311 e. The van der Waals surface area contributed by atoms with Gasteiger partial charge in [-0.3, -0.25) is 9.52 Å². The molecule has 0 aliphatic carbocycles. The van der Waals surface area contributed by atoms with Crippen molar-refractivity contribution in [2.45, 2.75) is 51.1 Å². The summed E-state index contributed by atoms with van der Waals surface area (Å²) in [5, 5.41) is 3.50. The standard InChI is InChI=1S/C11H20N2O3S/c1-2-17(15,16)13-11(14)7-8-5-9-3-4-10(6-8)12-9/h8-10,12H,2-7H2,1H3,(H,13,14). The van der Waals surface area contributed by atoms with Crippen LogP contribution in [0.2, 0.25) is 0 Å². The van der Waals surface area contributed by atoms with Crippen LogP contribution in [0.4, 0.5) is 0 Å². The lowest BCUT2D eigenvalue weighted by molar-refractivity contribution is -0.120. The molecule has 2 bridgehead atoms. The predicted molar refractivity (Wildman–Crippen MR) is 64.9 cm³/mol. The molecule has 0 saturated carbocycles. The quantitative estimate of drug-likeness (QED) is 0.766. The highest BCUT2D eigenvalue weighted by molar-refractivity contribution is 7.90. The van der Waals surface area contributed by atoms with Crippen LogP contribution in [0.5, 0.6) is 0 Å². The summed E-state index contributed by atoms with van der Waals surface area (Å²) >= 11 is 0. The van der Waals surface area contributed by atoms with E-state index in [2.05, 4.69) is 10.0 Å². The smallest absolute Gasteiger partial charge is 0.234 e. The van der Waals surface area contributed by atoms with Gasteiger partial charge in [-0.2, -0.15) is 0 Å². The summed E-state index contributed by atoms with van der Waals surface area (Å²) < 4.78 is 24.6. The van der Waals surface area contributed by atoms with E-state index in [1.54, 1.807) is 0 Å². The number of sulfonamides is 1. The molecule has 2 heterocycles. The van der Waals surface area contributed by atoms with Gasteiger partial charge in [-0.1, -0.05) is 0 Å². The molecule has 2 fully saturated rings. The van der Waals surface area contributed by atoms with Crippen molar-refractivity contribution in [2.75, 3.05) is 5.75 Å². The first-order valence-electron chi connectivity index (χ1n) is 6.28. The summed E-state index contributed by atoms with van der Waals surface area (Å²) in [6, 6.07) is 1.07. The van der Waals surface area contributed by atoms with Crippen LogP contribution < -0.4 is 10.0 Å². The Morgan fingerprint density at radius 1 is 1.29 bits per heavy atom. The van der Waals surface area contributed by atoms with E-state index >= 15 is 0 Å². The normalized spacial score (nSPS) is 32.4. The van der Waals surface area contributed by atoms with Crippen LogP contribution in [-0.4, -0.2) is 32.2 Å².